The lowest BCUT2D eigenvalue weighted by Gasteiger charge is -2.34. The van der Waals surface area contributed by atoms with Crippen LogP contribution in [0.1, 0.15) is 90.6 Å². The number of ether oxygens (including phenoxy) is 3. The van der Waals surface area contributed by atoms with Crippen LogP contribution in [-0.2, 0) is 21.8 Å². The summed E-state index contributed by atoms with van der Waals surface area (Å²) in [5.74, 6) is 2.17. The van der Waals surface area contributed by atoms with E-state index in [9.17, 15) is 4.21 Å². The second-order valence-electron chi connectivity index (χ2n) is 14.9. The van der Waals surface area contributed by atoms with E-state index in [0.29, 0.717) is 11.5 Å². The molecule has 1 unspecified atom stereocenters. The molecular weight excluding hydrogens is 621 g/mol. The minimum absolute atomic E-state index is 0.212. The van der Waals surface area contributed by atoms with Crippen LogP contribution in [0.15, 0.2) is 84.9 Å². The van der Waals surface area contributed by atoms with Gasteiger partial charge >= 0.3 is 0 Å². The normalized spacial score (nSPS) is 13.7. The first-order chi connectivity index (χ1) is 22.0. The third-order valence-electron chi connectivity index (χ3n) is 8.16. The maximum absolute atomic E-state index is 14.1. The average molecular weight is 674 g/mol. The highest BCUT2D eigenvalue weighted by Gasteiger charge is 2.34. The zero-order valence-corrected chi connectivity index (χ0v) is 31.9. The van der Waals surface area contributed by atoms with E-state index in [1.807, 2.05) is 32.9 Å². The van der Waals surface area contributed by atoms with Crippen molar-refractivity contribution in [3.63, 3.8) is 0 Å². The molecule has 5 nitrogen and oxygen atoms in total. The highest BCUT2D eigenvalue weighted by atomic mass is 32.2. The molecule has 0 aromatic heterocycles. The Morgan fingerprint density at radius 1 is 0.638 bits per heavy atom. The molecular formula is C40H52NO4PS. The van der Waals surface area contributed by atoms with Crippen LogP contribution in [0.3, 0.4) is 0 Å². The lowest BCUT2D eigenvalue weighted by molar-refractivity contribution is 0.354. The minimum atomic E-state index is -1.40. The zero-order chi connectivity index (χ0) is 34.7. The maximum atomic E-state index is 14.1. The Labute approximate surface area is 286 Å². The van der Waals surface area contributed by atoms with Gasteiger partial charge in [0.2, 0.25) is 0 Å². The van der Waals surface area contributed by atoms with Crippen molar-refractivity contribution < 1.29 is 18.4 Å². The van der Waals surface area contributed by atoms with Crippen LogP contribution in [-0.4, -0.2) is 30.3 Å². The van der Waals surface area contributed by atoms with Crippen molar-refractivity contribution in [3.8, 4) is 17.2 Å². The van der Waals surface area contributed by atoms with Gasteiger partial charge in [0.05, 0.1) is 43.1 Å². The van der Waals surface area contributed by atoms with Gasteiger partial charge < -0.3 is 14.2 Å². The fourth-order valence-electron chi connectivity index (χ4n) is 5.64. The summed E-state index contributed by atoms with van der Waals surface area (Å²) in [5.41, 5.74) is 3.79. The molecule has 2 atom stereocenters. The Morgan fingerprint density at radius 3 is 1.47 bits per heavy atom. The topological polar surface area (TPSA) is 56.8 Å². The molecule has 0 amide bonds. The van der Waals surface area contributed by atoms with E-state index < -0.39 is 29.7 Å². The number of hydrogen-bond donors (Lipinski definition) is 1. The van der Waals surface area contributed by atoms with E-state index in [-0.39, 0.29) is 10.8 Å². The van der Waals surface area contributed by atoms with E-state index in [1.165, 1.54) is 10.6 Å². The third kappa shape index (κ3) is 8.28. The van der Waals surface area contributed by atoms with Gasteiger partial charge in [-0.05, 0) is 90.8 Å². The van der Waals surface area contributed by atoms with Crippen LogP contribution in [0.4, 0.5) is 0 Å². The summed E-state index contributed by atoms with van der Waals surface area (Å²) in [5, 5.41) is 3.51. The van der Waals surface area contributed by atoms with Crippen molar-refractivity contribution in [2.24, 2.45) is 0 Å². The van der Waals surface area contributed by atoms with Crippen LogP contribution in [0.5, 0.6) is 17.2 Å². The zero-order valence-electron chi connectivity index (χ0n) is 30.1. The highest BCUT2D eigenvalue weighted by molar-refractivity contribution is 7.84. The maximum Gasteiger partial charge on any atom is 0.161 e. The molecule has 7 heteroatoms. The number of rotatable bonds is 10. The van der Waals surface area contributed by atoms with Crippen LogP contribution < -0.4 is 34.8 Å². The molecule has 4 rings (SSSR count). The Hall–Kier alpha value is -3.18. The lowest BCUT2D eigenvalue weighted by Crippen LogP contribution is -2.38. The first kappa shape index (κ1) is 36.7. The average Bonchev–Trinajstić information content (AvgIpc) is 3.02. The van der Waals surface area contributed by atoms with Crippen molar-refractivity contribution in [2.75, 3.05) is 21.3 Å². The monoisotopic (exact) mass is 673 g/mol. The number of nitrogens with one attached hydrogen (secondary N) is 1. The van der Waals surface area contributed by atoms with E-state index in [0.717, 1.165) is 33.3 Å². The van der Waals surface area contributed by atoms with Crippen molar-refractivity contribution in [1.82, 2.24) is 4.72 Å². The van der Waals surface area contributed by atoms with E-state index in [1.54, 1.807) is 21.3 Å². The van der Waals surface area contributed by atoms with E-state index >= 15 is 0 Å². The number of hydrogen-bond acceptors (Lipinski definition) is 4. The summed E-state index contributed by atoms with van der Waals surface area (Å²) >= 11 is 0. The Kier molecular flexibility index (Phi) is 11.3. The molecule has 0 aliphatic heterocycles. The predicted molar refractivity (Wildman–Crippen MR) is 202 cm³/mol. The second kappa shape index (κ2) is 14.5. The van der Waals surface area contributed by atoms with Crippen LogP contribution >= 0.6 is 7.92 Å². The van der Waals surface area contributed by atoms with Crippen molar-refractivity contribution in [3.05, 3.63) is 107 Å². The summed E-state index contributed by atoms with van der Waals surface area (Å²) < 4.78 is 35.2. The SMILES string of the molecule is COc1cc(C(N[S@](=O)C(C)(C)C)c2cc(C(C)(C)C)c(OC)c(C(C)(C)C)c2)c(P(c2ccccc2)c2ccccc2)cc1OC. The molecule has 4 aromatic carbocycles. The van der Waals surface area contributed by atoms with Gasteiger partial charge in [0, 0.05) is 11.1 Å². The summed E-state index contributed by atoms with van der Waals surface area (Å²) in [6.07, 6.45) is 0. The fourth-order valence-corrected chi connectivity index (χ4v) is 8.96. The summed E-state index contributed by atoms with van der Waals surface area (Å²) in [6.45, 7) is 19.3. The molecule has 0 fully saturated rings. The molecule has 47 heavy (non-hydrogen) atoms. The molecule has 1 N–H and O–H groups in total. The first-order valence-electron chi connectivity index (χ1n) is 16.1. The lowest BCUT2D eigenvalue weighted by atomic mass is 9.77. The second-order valence-corrected chi connectivity index (χ2v) is 19.0. The van der Waals surface area contributed by atoms with Crippen molar-refractivity contribution >= 4 is 34.8 Å². The fraction of sp³-hybridized carbons (Fsp3) is 0.400. The highest BCUT2D eigenvalue weighted by Crippen LogP contribution is 2.45. The molecule has 0 aliphatic carbocycles. The molecule has 0 saturated heterocycles. The number of benzene rings is 4. The van der Waals surface area contributed by atoms with Gasteiger partial charge in [-0.1, -0.05) is 102 Å². The molecule has 0 heterocycles. The van der Waals surface area contributed by atoms with Crippen LogP contribution in [0.2, 0.25) is 0 Å². The smallest absolute Gasteiger partial charge is 0.161 e. The standard InChI is InChI=1S/C40H52NO4PS/c1-38(2,3)31-23-27(24-32(37(31)45-12)39(4,5)6)36(41-47(42)40(7,8)9)30-25-33(43-10)34(44-11)26-35(30)46(28-19-15-13-16-20-28)29-21-17-14-18-22-29/h13-26,36,41H,1-12H3/t36?,47-/m1/s1. The first-order valence-corrected chi connectivity index (χ1v) is 18.6. The molecule has 0 aliphatic rings. The largest absolute Gasteiger partial charge is 0.496 e. The van der Waals surface area contributed by atoms with Gasteiger partial charge in [-0.2, -0.15) is 0 Å². The van der Waals surface area contributed by atoms with Gasteiger partial charge in [-0.15, -0.1) is 0 Å². The molecule has 0 spiro atoms. The third-order valence-corrected chi connectivity index (χ3v) is 12.2. The van der Waals surface area contributed by atoms with Gasteiger partial charge in [0.1, 0.15) is 5.75 Å². The molecule has 4 aromatic rings. The summed E-state index contributed by atoms with van der Waals surface area (Å²) in [6, 6.07) is 29.4. The number of methoxy groups -OCH3 is 3. The Bertz CT molecular complexity index is 1610. The molecule has 252 valence electrons. The molecule has 0 saturated carbocycles. The van der Waals surface area contributed by atoms with Crippen LogP contribution in [0, 0.1) is 0 Å². The molecule has 0 radical (unpaired) electrons. The van der Waals surface area contributed by atoms with Gasteiger partial charge in [-0.3, -0.25) is 0 Å². The van der Waals surface area contributed by atoms with E-state index in [2.05, 4.69) is 119 Å². The Balaban J connectivity index is 2.18. The quantitative estimate of drug-likeness (QED) is 0.173. The van der Waals surface area contributed by atoms with Crippen LogP contribution in [0.25, 0.3) is 0 Å². The Morgan fingerprint density at radius 2 is 1.09 bits per heavy atom. The van der Waals surface area contributed by atoms with E-state index in [4.69, 9.17) is 14.2 Å². The van der Waals surface area contributed by atoms with Gasteiger partial charge in [-0.25, -0.2) is 8.93 Å². The van der Waals surface area contributed by atoms with Gasteiger partial charge in [0.25, 0.3) is 0 Å². The van der Waals surface area contributed by atoms with Crippen molar-refractivity contribution in [1.29, 1.82) is 0 Å². The summed E-state index contributed by atoms with van der Waals surface area (Å²) in [4.78, 5) is 0. The van der Waals surface area contributed by atoms with Crippen molar-refractivity contribution in [2.45, 2.75) is 83.9 Å². The summed E-state index contributed by atoms with van der Waals surface area (Å²) in [7, 11) is 2.64. The predicted octanol–water partition coefficient (Wildman–Crippen LogP) is 8.21. The molecule has 0 bridgehead atoms. The minimum Gasteiger partial charge on any atom is -0.496 e. The van der Waals surface area contributed by atoms with Gasteiger partial charge in [0.15, 0.2) is 11.5 Å².